The summed E-state index contributed by atoms with van der Waals surface area (Å²) in [6, 6.07) is 13.6. The van der Waals surface area contributed by atoms with Gasteiger partial charge in [0, 0.05) is 17.3 Å². The molecule has 2 aromatic carbocycles. The van der Waals surface area contributed by atoms with E-state index in [1.54, 1.807) is 43.3 Å². The van der Waals surface area contributed by atoms with Crippen molar-refractivity contribution in [3.05, 3.63) is 64.7 Å². The number of ether oxygens (including phenoxy) is 1. The van der Waals surface area contributed by atoms with Gasteiger partial charge >= 0.3 is 5.97 Å². The van der Waals surface area contributed by atoms with Crippen molar-refractivity contribution < 1.29 is 18.5 Å². The van der Waals surface area contributed by atoms with Crippen molar-refractivity contribution >= 4 is 34.3 Å². The molecule has 7 heteroatoms. The summed E-state index contributed by atoms with van der Waals surface area (Å²) in [5.74, 6) is -0.706. The molecule has 0 saturated carbocycles. The number of benzene rings is 2. The Kier molecular flexibility index (Phi) is 7.16. The summed E-state index contributed by atoms with van der Waals surface area (Å²) in [5.41, 5.74) is 1.06. The number of amides is 1. The summed E-state index contributed by atoms with van der Waals surface area (Å²) in [7, 11) is -1.28. The quantitative estimate of drug-likeness (QED) is 0.751. The third-order valence-corrected chi connectivity index (χ3v) is 4.93. The summed E-state index contributed by atoms with van der Waals surface area (Å²) in [6.07, 6.45) is 0. The predicted molar refractivity (Wildman–Crippen MR) is 97.0 cm³/mol. The second-order valence-corrected chi connectivity index (χ2v) is 7.26. The molecule has 25 heavy (non-hydrogen) atoms. The summed E-state index contributed by atoms with van der Waals surface area (Å²) in [4.78, 5) is 24.4. The molecule has 0 fully saturated rings. The molecule has 0 saturated heterocycles. The van der Waals surface area contributed by atoms with Crippen LogP contribution in [0.3, 0.4) is 0 Å². The molecule has 0 spiro atoms. The van der Waals surface area contributed by atoms with E-state index >= 15 is 0 Å². The fourth-order valence-electron chi connectivity index (χ4n) is 2.10. The van der Waals surface area contributed by atoms with Gasteiger partial charge in [-0.05, 0) is 29.8 Å². The highest BCUT2D eigenvalue weighted by Crippen LogP contribution is 2.15. The largest absolute Gasteiger partial charge is 0.452 e. The van der Waals surface area contributed by atoms with E-state index in [1.165, 1.54) is 6.07 Å². The lowest BCUT2D eigenvalue weighted by Crippen LogP contribution is -2.28. The summed E-state index contributed by atoms with van der Waals surface area (Å²) in [6.45, 7) is 1.64. The zero-order chi connectivity index (χ0) is 18.2. The van der Waals surface area contributed by atoms with Gasteiger partial charge in [0.15, 0.2) is 6.61 Å². The predicted octanol–water partition coefficient (Wildman–Crippen LogP) is 2.94. The standard InChI is InChI=1S/C18H18ClNO4S/c1-2-25(23)16-9-4-3-8-15(16)18(22)24-12-17(21)20-11-13-6-5-7-14(19)10-13/h3-10H,2,11-12H2,1H3,(H,20,21). The summed E-state index contributed by atoms with van der Waals surface area (Å²) >= 11 is 5.88. The number of hydrogen-bond acceptors (Lipinski definition) is 4. The number of esters is 1. The van der Waals surface area contributed by atoms with E-state index in [4.69, 9.17) is 16.3 Å². The molecular weight excluding hydrogens is 362 g/mol. The van der Waals surface area contributed by atoms with Crippen LogP contribution in [0.5, 0.6) is 0 Å². The van der Waals surface area contributed by atoms with Crippen molar-refractivity contribution in [3.63, 3.8) is 0 Å². The van der Waals surface area contributed by atoms with Crippen LogP contribution in [0.15, 0.2) is 53.4 Å². The van der Waals surface area contributed by atoms with Gasteiger partial charge in [0.25, 0.3) is 5.91 Å². The van der Waals surface area contributed by atoms with E-state index in [1.807, 2.05) is 6.07 Å². The molecular formula is C18H18ClNO4S. The van der Waals surface area contributed by atoms with Crippen LogP contribution in [0, 0.1) is 0 Å². The number of nitrogens with one attached hydrogen (secondary N) is 1. The fourth-order valence-corrected chi connectivity index (χ4v) is 3.25. The minimum Gasteiger partial charge on any atom is -0.452 e. The fraction of sp³-hybridized carbons (Fsp3) is 0.222. The van der Waals surface area contributed by atoms with Crippen molar-refractivity contribution in [1.29, 1.82) is 0 Å². The van der Waals surface area contributed by atoms with E-state index in [9.17, 15) is 13.8 Å². The molecule has 1 atom stereocenters. The smallest absolute Gasteiger partial charge is 0.339 e. The number of hydrogen-bond donors (Lipinski definition) is 1. The van der Waals surface area contributed by atoms with Gasteiger partial charge in [-0.3, -0.25) is 9.00 Å². The lowest BCUT2D eigenvalue weighted by molar-refractivity contribution is -0.124. The maximum Gasteiger partial charge on any atom is 0.339 e. The Hall–Kier alpha value is -2.18. The Morgan fingerprint density at radius 3 is 2.64 bits per heavy atom. The van der Waals surface area contributed by atoms with Crippen LogP contribution in [-0.2, 0) is 26.9 Å². The van der Waals surface area contributed by atoms with E-state index in [2.05, 4.69) is 5.32 Å². The van der Waals surface area contributed by atoms with E-state index in [0.717, 1.165) is 5.56 Å². The van der Waals surface area contributed by atoms with Gasteiger partial charge in [-0.2, -0.15) is 0 Å². The molecule has 1 amide bonds. The van der Waals surface area contributed by atoms with Crippen LogP contribution < -0.4 is 5.32 Å². The maximum atomic E-state index is 12.2. The van der Waals surface area contributed by atoms with E-state index in [-0.39, 0.29) is 12.1 Å². The van der Waals surface area contributed by atoms with Gasteiger partial charge in [-0.15, -0.1) is 0 Å². The van der Waals surface area contributed by atoms with Crippen LogP contribution in [0.2, 0.25) is 5.02 Å². The van der Waals surface area contributed by atoms with Crippen molar-refractivity contribution in [2.45, 2.75) is 18.4 Å². The second-order valence-electron chi connectivity index (χ2n) is 5.11. The van der Waals surface area contributed by atoms with Crippen molar-refractivity contribution in [2.75, 3.05) is 12.4 Å². The zero-order valence-electron chi connectivity index (χ0n) is 13.7. The number of halogens is 1. The van der Waals surface area contributed by atoms with Gasteiger partial charge < -0.3 is 10.1 Å². The minimum absolute atomic E-state index is 0.213. The molecule has 0 aliphatic rings. The van der Waals surface area contributed by atoms with Crippen LogP contribution in [0.1, 0.15) is 22.8 Å². The lowest BCUT2D eigenvalue weighted by Gasteiger charge is -2.09. The molecule has 132 valence electrons. The summed E-state index contributed by atoms with van der Waals surface area (Å²) in [5, 5.41) is 3.23. The van der Waals surface area contributed by atoms with Gasteiger partial charge in [0.2, 0.25) is 0 Å². The lowest BCUT2D eigenvalue weighted by atomic mass is 10.2. The second kappa shape index (κ2) is 9.34. The number of carbonyl (C=O) groups excluding carboxylic acids is 2. The monoisotopic (exact) mass is 379 g/mol. The van der Waals surface area contributed by atoms with Crippen LogP contribution >= 0.6 is 11.6 Å². The highest BCUT2D eigenvalue weighted by atomic mass is 35.5. The van der Waals surface area contributed by atoms with Crippen molar-refractivity contribution in [3.8, 4) is 0 Å². The topological polar surface area (TPSA) is 72.5 Å². The Bertz CT molecular complexity index is 794. The first-order valence-corrected chi connectivity index (χ1v) is 9.36. The molecule has 0 aliphatic carbocycles. The Labute approximate surface area is 153 Å². The van der Waals surface area contributed by atoms with Crippen LogP contribution in [-0.4, -0.2) is 28.4 Å². The van der Waals surface area contributed by atoms with Gasteiger partial charge in [-0.25, -0.2) is 4.79 Å². The Balaban J connectivity index is 1.89. The summed E-state index contributed by atoms with van der Waals surface area (Å²) < 4.78 is 17.0. The van der Waals surface area contributed by atoms with Crippen LogP contribution in [0.4, 0.5) is 0 Å². The first-order chi connectivity index (χ1) is 12.0. The minimum atomic E-state index is -1.28. The van der Waals surface area contributed by atoms with E-state index < -0.39 is 29.3 Å². The third kappa shape index (κ3) is 5.69. The first-order valence-electron chi connectivity index (χ1n) is 7.67. The van der Waals surface area contributed by atoms with Crippen molar-refractivity contribution in [2.24, 2.45) is 0 Å². The maximum absolute atomic E-state index is 12.2. The molecule has 0 heterocycles. The van der Waals surface area contributed by atoms with Crippen molar-refractivity contribution in [1.82, 2.24) is 5.32 Å². The molecule has 1 N–H and O–H groups in total. The van der Waals surface area contributed by atoms with Gasteiger partial charge in [0.05, 0.1) is 21.3 Å². The highest BCUT2D eigenvalue weighted by Gasteiger charge is 2.17. The number of rotatable bonds is 7. The van der Waals surface area contributed by atoms with E-state index in [0.29, 0.717) is 15.7 Å². The Morgan fingerprint density at radius 1 is 1.16 bits per heavy atom. The number of carbonyl (C=O) groups is 2. The van der Waals surface area contributed by atoms with Gasteiger partial charge in [-0.1, -0.05) is 42.8 Å². The molecule has 0 radical (unpaired) electrons. The highest BCUT2D eigenvalue weighted by molar-refractivity contribution is 7.85. The molecule has 0 bridgehead atoms. The molecule has 0 aromatic heterocycles. The molecule has 1 unspecified atom stereocenters. The zero-order valence-corrected chi connectivity index (χ0v) is 15.2. The Morgan fingerprint density at radius 2 is 1.92 bits per heavy atom. The third-order valence-electron chi connectivity index (χ3n) is 3.33. The average Bonchev–Trinajstić information content (AvgIpc) is 2.63. The molecule has 5 nitrogen and oxygen atoms in total. The average molecular weight is 380 g/mol. The first kappa shape index (κ1) is 19.1. The SMILES string of the molecule is CCS(=O)c1ccccc1C(=O)OCC(=O)NCc1cccc(Cl)c1. The van der Waals surface area contributed by atoms with Crippen LogP contribution in [0.25, 0.3) is 0 Å². The van der Waals surface area contributed by atoms with Gasteiger partial charge in [0.1, 0.15) is 0 Å². The molecule has 0 aliphatic heterocycles. The molecule has 2 aromatic rings. The normalized spacial score (nSPS) is 11.6. The molecule has 2 rings (SSSR count).